The second kappa shape index (κ2) is 4.96. The maximum absolute atomic E-state index is 13.0. The molecule has 1 atom stereocenters. The summed E-state index contributed by atoms with van der Waals surface area (Å²) in [6.07, 6.45) is 5.22. The van der Waals surface area contributed by atoms with Gasteiger partial charge < -0.3 is 4.57 Å². The van der Waals surface area contributed by atoms with Crippen molar-refractivity contribution in [3.05, 3.63) is 53.3 Å². The molecule has 2 aromatic rings. The van der Waals surface area contributed by atoms with Gasteiger partial charge in [0, 0.05) is 25.0 Å². The van der Waals surface area contributed by atoms with Gasteiger partial charge in [-0.1, -0.05) is 6.07 Å². The van der Waals surface area contributed by atoms with Crippen LogP contribution in [-0.4, -0.2) is 23.8 Å². The zero-order chi connectivity index (χ0) is 15.3. The first-order valence-electron chi connectivity index (χ1n) is 7.86. The van der Waals surface area contributed by atoms with Crippen LogP contribution in [0.4, 0.5) is 0 Å². The molecule has 2 heterocycles. The maximum Gasteiger partial charge on any atom is 0.243 e. The lowest BCUT2D eigenvalue weighted by Crippen LogP contribution is -2.40. The molecule has 0 fully saturated rings. The van der Waals surface area contributed by atoms with Gasteiger partial charge in [-0.3, -0.25) is 0 Å². The van der Waals surface area contributed by atoms with E-state index >= 15 is 0 Å². The van der Waals surface area contributed by atoms with E-state index in [-0.39, 0.29) is 6.04 Å². The van der Waals surface area contributed by atoms with Crippen LogP contribution in [0, 0.1) is 0 Å². The third-order valence-electron chi connectivity index (χ3n) is 4.96. The van der Waals surface area contributed by atoms with Crippen LogP contribution >= 0.6 is 0 Å². The summed E-state index contributed by atoms with van der Waals surface area (Å²) in [6, 6.07) is 9.53. The fourth-order valence-electron chi connectivity index (χ4n) is 3.73. The van der Waals surface area contributed by atoms with Gasteiger partial charge in [-0.05, 0) is 61.6 Å². The van der Waals surface area contributed by atoms with Crippen LogP contribution < -0.4 is 0 Å². The molecule has 0 bridgehead atoms. The van der Waals surface area contributed by atoms with Gasteiger partial charge in [0.25, 0.3) is 0 Å². The van der Waals surface area contributed by atoms with Gasteiger partial charge >= 0.3 is 0 Å². The summed E-state index contributed by atoms with van der Waals surface area (Å²) in [5.74, 6) is 0. The first-order chi connectivity index (χ1) is 10.6. The molecule has 1 aliphatic carbocycles. The molecule has 2 aliphatic rings. The molecule has 0 spiro atoms. The first-order valence-corrected chi connectivity index (χ1v) is 9.30. The van der Waals surface area contributed by atoms with Crippen LogP contribution in [0.25, 0.3) is 0 Å². The topological polar surface area (TPSA) is 42.3 Å². The molecule has 0 radical (unpaired) electrons. The number of aromatic nitrogens is 1. The van der Waals surface area contributed by atoms with Crippen molar-refractivity contribution in [2.75, 3.05) is 6.54 Å². The van der Waals surface area contributed by atoms with E-state index in [0.717, 1.165) is 31.5 Å². The molecular formula is C17H20N2O2S. The molecule has 0 saturated carbocycles. The minimum absolute atomic E-state index is 0.123. The van der Waals surface area contributed by atoms with Gasteiger partial charge in [0.15, 0.2) is 0 Å². The highest BCUT2D eigenvalue weighted by atomic mass is 32.2. The molecule has 5 heteroatoms. The summed E-state index contributed by atoms with van der Waals surface area (Å²) in [5.41, 5.74) is 3.57. The molecule has 4 nitrogen and oxygen atoms in total. The number of hydrogen-bond donors (Lipinski definition) is 0. The van der Waals surface area contributed by atoms with E-state index < -0.39 is 10.0 Å². The number of hydrogen-bond acceptors (Lipinski definition) is 2. The van der Waals surface area contributed by atoms with Crippen LogP contribution in [0.15, 0.2) is 41.4 Å². The molecule has 4 rings (SSSR count). The van der Waals surface area contributed by atoms with E-state index in [1.807, 2.05) is 37.4 Å². The molecule has 116 valence electrons. The summed E-state index contributed by atoms with van der Waals surface area (Å²) >= 11 is 0. The quantitative estimate of drug-likeness (QED) is 0.855. The fourth-order valence-corrected chi connectivity index (χ4v) is 5.38. The van der Waals surface area contributed by atoms with Gasteiger partial charge in [-0.25, -0.2) is 8.42 Å². The zero-order valence-corrected chi connectivity index (χ0v) is 13.5. The zero-order valence-electron chi connectivity index (χ0n) is 12.7. The van der Waals surface area contributed by atoms with E-state index in [1.165, 1.54) is 11.1 Å². The van der Waals surface area contributed by atoms with Gasteiger partial charge in [0.05, 0.1) is 10.9 Å². The Morgan fingerprint density at radius 3 is 2.77 bits per heavy atom. The van der Waals surface area contributed by atoms with E-state index in [0.29, 0.717) is 11.4 Å². The molecule has 1 aromatic carbocycles. The molecule has 0 N–H and O–H groups in total. The molecule has 22 heavy (non-hydrogen) atoms. The average Bonchev–Trinajstić information content (AvgIpc) is 3.15. The number of nitrogens with zero attached hydrogens (tertiary/aromatic N) is 2. The van der Waals surface area contributed by atoms with Crippen molar-refractivity contribution >= 4 is 10.0 Å². The van der Waals surface area contributed by atoms with Crippen LogP contribution in [0.5, 0.6) is 0 Å². The van der Waals surface area contributed by atoms with E-state index in [9.17, 15) is 8.42 Å². The highest BCUT2D eigenvalue weighted by Crippen LogP contribution is 2.32. The fraction of sp³-hybridized carbons (Fsp3) is 0.412. The number of aryl methyl sites for hydroxylation is 2. The number of benzene rings is 1. The monoisotopic (exact) mass is 316 g/mol. The Bertz CT molecular complexity index is 823. The number of rotatable bonds is 2. The van der Waals surface area contributed by atoms with Gasteiger partial charge in [0.1, 0.15) is 0 Å². The van der Waals surface area contributed by atoms with Crippen molar-refractivity contribution in [1.82, 2.24) is 8.87 Å². The highest BCUT2D eigenvalue weighted by Gasteiger charge is 2.34. The lowest BCUT2D eigenvalue weighted by Gasteiger charge is -2.34. The predicted molar refractivity (Wildman–Crippen MR) is 85.2 cm³/mol. The molecule has 0 unspecified atom stereocenters. The Morgan fingerprint density at radius 1 is 1.09 bits per heavy atom. The van der Waals surface area contributed by atoms with Crippen molar-refractivity contribution in [3.8, 4) is 0 Å². The largest absolute Gasteiger partial charge is 0.349 e. The van der Waals surface area contributed by atoms with Crippen molar-refractivity contribution in [3.63, 3.8) is 0 Å². The number of sulfonamides is 1. The molecule has 0 saturated heterocycles. The predicted octanol–water partition coefficient (Wildman–Crippen LogP) is 2.74. The minimum Gasteiger partial charge on any atom is -0.349 e. The Balaban J connectivity index is 1.72. The summed E-state index contributed by atoms with van der Waals surface area (Å²) in [5, 5.41) is 0. The van der Waals surface area contributed by atoms with Crippen LogP contribution in [0.2, 0.25) is 0 Å². The minimum atomic E-state index is -3.43. The highest BCUT2D eigenvalue weighted by molar-refractivity contribution is 7.89. The smallest absolute Gasteiger partial charge is 0.243 e. The summed E-state index contributed by atoms with van der Waals surface area (Å²) in [4.78, 5) is 0.444. The Labute approximate surface area is 131 Å². The Kier molecular flexibility index (Phi) is 3.16. The molecular weight excluding hydrogens is 296 g/mol. The first kappa shape index (κ1) is 14.0. The van der Waals surface area contributed by atoms with Gasteiger partial charge in [-0.2, -0.15) is 4.31 Å². The summed E-state index contributed by atoms with van der Waals surface area (Å²) in [6.45, 7) is 3.22. The summed E-state index contributed by atoms with van der Waals surface area (Å²) < 4.78 is 29.9. The van der Waals surface area contributed by atoms with Gasteiger partial charge in [-0.15, -0.1) is 0 Å². The van der Waals surface area contributed by atoms with Crippen molar-refractivity contribution in [2.24, 2.45) is 0 Å². The van der Waals surface area contributed by atoms with Crippen molar-refractivity contribution in [2.45, 2.75) is 43.7 Å². The molecule has 0 amide bonds. The Morgan fingerprint density at radius 2 is 1.91 bits per heavy atom. The van der Waals surface area contributed by atoms with Crippen LogP contribution in [-0.2, 0) is 29.4 Å². The van der Waals surface area contributed by atoms with Crippen LogP contribution in [0.1, 0.15) is 36.2 Å². The SMILES string of the molecule is C[C@H]1c2cccn2CCN1S(=O)(=O)c1ccc2c(c1)CCC2. The number of fused-ring (bicyclic) bond motifs is 2. The normalized spacial score (nSPS) is 21.6. The molecule has 1 aromatic heterocycles. The third kappa shape index (κ3) is 2.03. The average molecular weight is 316 g/mol. The van der Waals surface area contributed by atoms with Crippen molar-refractivity contribution < 1.29 is 8.42 Å². The lowest BCUT2D eigenvalue weighted by atomic mass is 10.1. The van der Waals surface area contributed by atoms with Crippen LogP contribution in [0.3, 0.4) is 0 Å². The van der Waals surface area contributed by atoms with Crippen molar-refractivity contribution in [1.29, 1.82) is 0 Å². The Hall–Kier alpha value is -1.59. The summed E-state index contributed by atoms with van der Waals surface area (Å²) in [7, 11) is -3.43. The van der Waals surface area contributed by atoms with E-state index in [2.05, 4.69) is 4.57 Å². The lowest BCUT2D eigenvalue weighted by molar-refractivity contribution is 0.282. The molecule has 1 aliphatic heterocycles. The third-order valence-corrected chi connectivity index (χ3v) is 6.93. The van der Waals surface area contributed by atoms with E-state index in [4.69, 9.17) is 0 Å². The van der Waals surface area contributed by atoms with E-state index in [1.54, 1.807) is 10.4 Å². The maximum atomic E-state index is 13.0. The second-order valence-electron chi connectivity index (χ2n) is 6.20. The second-order valence-corrected chi connectivity index (χ2v) is 8.09. The van der Waals surface area contributed by atoms with Gasteiger partial charge in [0.2, 0.25) is 10.0 Å². The standard InChI is InChI=1S/C17H20N2O2S/c1-13-17-6-3-9-18(17)10-11-19(13)22(20,21)16-8-7-14-4-2-5-15(14)12-16/h3,6-9,12-13H,2,4-5,10-11H2,1H3/t13-/m0/s1.